The third-order valence-electron chi connectivity index (χ3n) is 9.16. The standard InChI is InChI=1S/C36H42/c1-22(2)30-14-13-28(17-30)19-34-26(6)15-23(3)16-36(34)32-10-8-9-31-18-29(21-35(31)32)20-33-25(5)12-11-24(4)27(33)7/h8-12,15-16,18,24,28,30,33H,1,5,7,13-14,17,19-21H2,2-4,6H3/t24?,28-,30?,33?/m1/s1. The van der Waals surface area contributed by atoms with E-state index in [-0.39, 0.29) is 0 Å². The molecule has 4 atom stereocenters. The molecule has 0 heteroatoms. The maximum Gasteiger partial charge on any atom is 0.00826 e. The molecule has 0 N–H and O–H groups in total. The van der Waals surface area contributed by atoms with Gasteiger partial charge in [0.1, 0.15) is 0 Å². The SMILES string of the molecule is C=C(C)C1CC[C@@H](Cc2c(C)cc(C)cc2-c2cccc3c2CC(CC2C(=C)C=CC(C)C2=C)=C3)C1. The van der Waals surface area contributed by atoms with Crippen LogP contribution in [0.5, 0.6) is 0 Å². The highest BCUT2D eigenvalue weighted by Crippen LogP contribution is 2.43. The summed E-state index contributed by atoms with van der Waals surface area (Å²) >= 11 is 0. The smallest absolute Gasteiger partial charge is 0.00826 e. The Kier molecular flexibility index (Phi) is 6.82. The molecule has 0 saturated heterocycles. The maximum atomic E-state index is 4.43. The van der Waals surface area contributed by atoms with Gasteiger partial charge in [0.2, 0.25) is 0 Å². The van der Waals surface area contributed by atoms with Crippen molar-refractivity contribution in [1.29, 1.82) is 0 Å². The van der Waals surface area contributed by atoms with Crippen molar-refractivity contribution < 1.29 is 0 Å². The normalized spacial score (nSPS) is 25.3. The van der Waals surface area contributed by atoms with Gasteiger partial charge >= 0.3 is 0 Å². The van der Waals surface area contributed by atoms with Crippen LogP contribution in [0.15, 0.2) is 84.5 Å². The first-order valence-electron chi connectivity index (χ1n) is 13.8. The van der Waals surface area contributed by atoms with E-state index in [4.69, 9.17) is 0 Å². The lowest BCUT2D eigenvalue weighted by Crippen LogP contribution is -2.15. The van der Waals surface area contributed by atoms with Crippen LogP contribution in [0.1, 0.15) is 67.3 Å². The van der Waals surface area contributed by atoms with Crippen molar-refractivity contribution in [3.63, 3.8) is 0 Å². The second-order valence-electron chi connectivity index (χ2n) is 11.9. The Morgan fingerprint density at radius 2 is 1.83 bits per heavy atom. The van der Waals surface area contributed by atoms with Gasteiger partial charge in [-0.15, -0.1) is 0 Å². The lowest BCUT2D eigenvalue weighted by molar-refractivity contribution is 0.522. The summed E-state index contributed by atoms with van der Waals surface area (Å²) in [6, 6.07) is 11.7. The molecule has 36 heavy (non-hydrogen) atoms. The summed E-state index contributed by atoms with van der Waals surface area (Å²) in [7, 11) is 0. The molecule has 5 rings (SSSR count). The zero-order valence-corrected chi connectivity index (χ0v) is 22.8. The molecule has 0 radical (unpaired) electrons. The Labute approximate surface area is 219 Å². The minimum Gasteiger partial charge on any atom is -0.0999 e. The minimum absolute atomic E-state index is 0.356. The van der Waals surface area contributed by atoms with Gasteiger partial charge in [0.05, 0.1) is 0 Å². The topological polar surface area (TPSA) is 0 Å². The van der Waals surface area contributed by atoms with Gasteiger partial charge in [-0.2, -0.15) is 0 Å². The van der Waals surface area contributed by atoms with Crippen molar-refractivity contribution in [1.82, 2.24) is 0 Å². The molecule has 186 valence electrons. The minimum atomic E-state index is 0.356. The van der Waals surface area contributed by atoms with E-state index in [1.165, 1.54) is 81.4 Å². The van der Waals surface area contributed by atoms with Crippen LogP contribution in [0.25, 0.3) is 17.2 Å². The molecule has 1 saturated carbocycles. The first-order valence-corrected chi connectivity index (χ1v) is 13.8. The van der Waals surface area contributed by atoms with Crippen LogP contribution < -0.4 is 0 Å². The van der Waals surface area contributed by atoms with Gasteiger partial charge in [-0.1, -0.05) is 97.5 Å². The van der Waals surface area contributed by atoms with E-state index < -0.39 is 0 Å². The highest BCUT2D eigenvalue weighted by molar-refractivity contribution is 5.80. The van der Waals surface area contributed by atoms with Gasteiger partial charge in [0.25, 0.3) is 0 Å². The number of hydrogen-bond acceptors (Lipinski definition) is 0. The molecular formula is C36H42. The van der Waals surface area contributed by atoms with E-state index in [0.717, 1.165) is 18.8 Å². The molecule has 2 aromatic rings. The van der Waals surface area contributed by atoms with Crippen LogP contribution in [0.3, 0.4) is 0 Å². The molecule has 1 fully saturated rings. The number of benzene rings is 2. The van der Waals surface area contributed by atoms with Crippen molar-refractivity contribution in [2.75, 3.05) is 0 Å². The average Bonchev–Trinajstić information content (AvgIpc) is 3.47. The van der Waals surface area contributed by atoms with E-state index in [1.807, 2.05) is 0 Å². The van der Waals surface area contributed by atoms with Gasteiger partial charge < -0.3 is 0 Å². The fraction of sp³-hybridized carbons (Fsp3) is 0.389. The molecule has 0 amide bonds. The molecule has 2 aromatic carbocycles. The first-order chi connectivity index (χ1) is 17.2. The fourth-order valence-corrected chi connectivity index (χ4v) is 6.91. The monoisotopic (exact) mass is 474 g/mol. The lowest BCUT2D eigenvalue weighted by atomic mass is 9.77. The van der Waals surface area contributed by atoms with Crippen molar-refractivity contribution >= 4 is 6.08 Å². The van der Waals surface area contributed by atoms with Crippen LogP contribution in [-0.4, -0.2) is 0 Å². The quantitative estimate of drug-likeness (QED) is 0.365. The summed E-state index contributed by atoms with van der Waals surface area (Å²) in [6.45, 7) is 22.1. The second kappa shape index (κ2) is 9.89. The Morgan fingerprint density at radius 1 is 1.03 bits per heavy atom. The maximum absolute atomic E-state index is 4.43. The number of hydrogen-bond donors (Lipinski definition) is 0. The number of rotatable bonds is 6. The highest BCUT2D eigenvalue weighted by Gasteiger charge is 2.29. The molecule has 3 unspecified atom stereocenters. The third-order valence-corrected chi connectivity index (χ3v) is 9.16. The Bertz CT molecular complexity index is 1290. The van der Waals surface area contributed by atoms with Crippen LogP contribution in [-0.2, 0) is 12.8 Å². The van der Waals surface area contributed by atoms with E-state index in [0.29, 0.717) is 17.8 Å². The highest BCUT2D eigenvalue weighted by atomic mass is 14.3. The fourth-order valence-electron chi connectivity index (χ4n) is 6.91. The molecule has 0 nitrogen and oxygen atoms in total. The molecule has 0 heterocycles. The molecular weight excluding hydrogens is 432 g/mol. The first kappa shape index (κ1) is 24.8. The van der Waals surface area contributed by atoms with Crippen molar-refractivity contribution in [3.8, 4) is 11.1 Å². The van der Waals surface area contributed by atoms with Crippen LogP contribution >= 0.6 is 0 Å². The zero-order valence-electron chi connectivity index (χ0n) is 22.8. The molecule has 3 aliphatic carbocycles. The molecule has 3 aliphatic rings. The lowest BCUT2D eigenvalue weighted by Gasteiger charge is -2.28. The Balaban J connectivity index is 1.44. The van der Waals surface area contributed by atoms with E-state index in [9.17, 15) is 0 Å². The predicted molar refractivity (Wildman–Crippen MR) is 157 cm³/mol. The third kappa shape index (κ3) is 4.75. The summed E-state index contributed by atoms with van der Waals surface area (Å²) in [4.78, 5) is 0. The van der Waals surface area contributed by atoms with Crippen LogP contribution in [0.2, 0.25) is 0 Å². The summed E-state index contributed by atoms with van der Waals surface area (Å²) in [5, 5.41) is 0. The number of fused-ring (bicyclic) bond motifs is 1. The van der Waals surface area contributed by atoms with Crippen LogP contribution in [0, 0.1) is 37.5 Å². The van der Waals surface area contributed by atoms with Crippen molar-refractivity contribution in [2.45, 2.75) is 66.2 Å². The molecule has 0 aliphatic heterocycles. The number of allylic oxidation sites excluding steroid dienone is 6. The van der Waals surface area contributed by atoms with Gasteiger partial charge in [-0.05, 0) is 116 Å². The predicted octanol–water partition coefficient (Wildman–Crippen LogP) is 9.77. The van der Waals surface area contributed by atoms with Crippen molar-refractivity contribution in [2.24, 2.45) is 23.7 Å². The summed E-state index contributed by atoms with van der Waals surface area (Å²) in [6.07, 6.45) is 14.1. The summed E-state index contributed by atoms with van der Waals surface area (Å²) < 4.78 is 0. The number of aryl methyl sites for hydroxylation is 2. The van der Waals surface area contributed by atoms with E-state index >= 15 is 0 Å². The van der Waals surface area contributed by atoms with Gasteiger partial charge in [0, 0.05) is 5.92 Å². The average molecular weight is 475 g/mol. The largest absolute Gasteiger partial charge is 0.0999 e. The zero-order chi connectivity index (χ0) is 25.6. The Hall–Kier alpha value is -2.86. The van der Waals surface area contributed by atoms with E-state index in [1.54, 1.807) is 5.56 Å². The summed E-state index contributed by atoms with van der Waals surface area (Å²) in [5.74, 6) is 2.25. The summed E-state index contributed by atoms with van der Waals surface area (Å²) in [5.41, 5.74) is 15.5. The molecule has 0 spiro atoms. The Morgan fingerprint density at radius 3 is 2.58 bits per heavy atom. The van der Waals surface area contributed by atoms with E-state index in [2.05, 4.69) is 96.0 Å². The van der Waals surface area contributed by atoms with Gasteiger partial charge in [-0.25, -0.2) is 0 Å². The molecule has 0 bridgehead atoms. The van der Waals surface area contributed by atoms with Crippen molar-refractivity contribution in [3.05, 3.63) is 112 Å². The van der Waals surface area contributed by atoms with Gasteiger partial charge in [-0.3, -0.25) is 0 Å². The van der Waals surface area contributed by atoms with Gasteiger partial charge in [0.15, 0.2) is 0 Å². The van der Waals surface area contributed by atoms with Crippen LogP contribution in [0.4, 0.5) is 0 Å². The second-order valence-corrected chi connectivity index (χ2v) is 11.9. The molecule has 0 aromatic heterocycles.